The van der Waals surface area contributed by atoms with Crippen LogP contribution in [0.25, 0.3) is 10.8 Å². The number of ether oxygens (including phenoxy) is 1. The molecule has 0 saturated carbocycles. The van der Waals surface area contributed by atoms with Gasteiger partial charge in [-0.3, -0.25) is 0 Å². The smallest absolute Gasteiger partial charge is 0.346 e. The van der Waals surface area contributed by atoms with Gasteiger partial charge in [-0.05, 0) is 47.9 Å². The zero-order valence-electron chi connectivity index (χ0n) is 12.5. The summed E-state index contributed by atoms with van der Waals surface area (Å²) < 4.78 is 4.79. The van der Waals surface area contributed by atoms with Crippen LogP contribution in [0.1, 0.15) is 31.8 Å². The highest BCUT2D eigenvalue weighted by Gasteiger charge is 2.27. The highest BCUT2D eigenvalue weighted by atomic mass is 16.6. The summed E-state index contributed by atoms with van der Waals surface area (Å²) in [5, 5.41) is 1.41. The van der Waals surface area contributed by atoms with Crippen LogP contribution in [-0.2, 0) is 4.74 Å². The van der Waals surface area contributed by atoms with E-state index in [4.69, 9.17) is 10.5 Å². The highest BCUT2D eigenvalue weighted by Crippen LogP contribution is 2.29. The van der Waals surface area contributed by atoms with E-state index in [2.05, 4.69) is 11.8 Å². The Hall–Kier alpha value is -3.58. The molecule has 1 aliphatic rings. The monoisotopic (exact) mass is 313 g/mol. The molecule has 0 fully saturated rings. The van der Waals surface area contributed by atoms with Crippen molar-refractivity contribution in [1.82, 2.24) is 0 Å². The Labute approximate surface area is 137 Å². The summed E-state index contributed by atoms with van der Waals surface area (Å²) in [5.74, 6) is 4.82. The van der Waals surface area contributed by atoms with Gasteiger partial charge in [-0.25, -0.2) is 9.59 Å². The first-order valence-electron chi connectivity index (χ1n) is 7.33. The van der Waals surface area contributed by atoms with Crippen molar-refractivity contribution in [2.24, 2.45) is 0 Å². The molecule has 0 unspecified atom stereocenters. The average Bonchev–Trinajstić information content (AvgIpc) is 2.59. The standard InChI is InChI=1S/C20H11NO3/c21-15-8-6-12(7-9-15)4-5-13-10-14-2-1-3-16-18(14)17(11-13)20(23)24-19(16)22/h1-3,6-11H,21H2. The molecule has 114 valence electrons. The molecule has 0 radical (unpaired) electrons. The van der Waals surface area contributed by atoms with Crippen molar-refractivity contribution in [1.29, 1.82) is 0 Å². The molecule has 1 heterocycles. The van der Waals surface area contributed by atoms with Crippen molar-refractivity contribution in [2.75, 3.05) is 5.73 Å². The van der Waals surface area contributed by atoms with Crippen LogP contribution in [0.2, 0.25) is 0 Å². The fraction of sp³-hybridized carbons (Fsp3) is 0. The van der Waals surface area contributed by atoms with Crippen LogP contribution < -0.4 is 5.73 Å². The molecule has 0 aromatic heterocycles. The summed E-state index contributed by atoms with van der Waals surface area (Å²) in [5.41, 5.74) is 8.60. The molecule has 0 atom stereocenters. The number of rotatable bonds is 0. The molecule has 2 N–H and O–H groups in total. The number of anilines is 1. The molecule has 4 rings (SSSR count). The summed E-state index contributed by atoms with van der Waals surface area (Å²) in [6.45, 7) is 0. The molecule has 3 aromatic carbocycles. The van der Waals surface area contributed by atoms with Crippen LogP contribution in [0.5, 0.6) is 0 Å². The maximum Gasteiger partial charge on any atom is 0.346 e. The lowest BCUT2D eigenvalue weighted by Crippen LogP contribution is -2.19. The normalized spacial score (nSPS) is 12.5. The third kappa shape index (κ3) is 2.29. The highest BCUT2D eigenvalue weighted by molar-refractivity contribution is 6.20. The van der Waals surface area contributed by atoms with Crippen LogP contribution >= 0.6 is 0 Å². The molecule has 0 aliphatic carbocycles. The molecule has 1 aliphatic heterocycles. The maximum atomic E-state index is 12.0. The minimum absolute atomic E-state index is 0.365. The number of esters is 2. The van der Waals surface area contributed by atoms with Crippen molar-refractivity contribution in [3.05, 3.63) is 76.9 Å². The minimum Gasteiger partial charge on any atom is -0.399 e. The van der Waals surface area contributed by atoms with Crippen LogP contribution in [0.4, 0.5) is 5.69 Å². The summed E-state index contributed by atoms with van der Waals surface area (Å²) in [6, 6.07) is 16.0. The Kier molecular flexibility index (Phi) is 3.07. The number of hydrogen-bond donors (Lipinski definition) is 1. The number of carbonyl (C=O) groups is 2. The van der Waals surface area contributed by atoms with Crippen LogP contribution in [-0.4, -0.2) is 11.9 Å². The van der Waals surface area contributed by atoms with Gasteiger partial charge in [-0.2, -0.15) is 0 Å². The average molecular weight is 313 g/mol. The second-order valence-electron chi connectivity index (χ2n) is 5.48. The number of nitrogen functional groups attached to an aromatic ring is 1. The molecule has 0 spiro atoms. The van der Waals surface area contributed by atoms with E-state index in [0.717, 1.165) is 10.9 Å². The van der Waals surface area contributed by atoms with Gasteiger partial charge in [-0.1, -0.05) is 24.0 Å². The lowest BCUT2D eigenvalue weighted by molar-refractivity contribution is 0.0391. The molecule has 0 bridgehead atoms. The summed E-state index contributed by atoms with van der Waals surface area (Å²) in [7, 11) is 0. The van der Waals surface area contributed by atoms with E-state index < -0.39 is 11.9 Å². The predicted molar refractivity (Wildman–Crippen MR) is 90.5 cm³/mol. The molecule has 0 saturated heterocycles. The summed E-state index contributed by atoms with van der Waals surface area (Å²) in [4.78, 5) is 23.9. The molecule has 0 amide bonds. The van der Waals surface area contributed by atoms with Gasteiger partial charge < -0.3 is 10.5 Å². The van der Waals surface area contributed by atoms with Crippen molar-refractivity contribution < 1.29 is 14.3 Å². The van der Waals surface area contributed by atoms with E-state index in [1.165, 1.54) is 0 Å². The fourth-order valence-corrected chi connectivity index (χ4v) is 2.74. The summed E-state index contributed by atoms with van der Waals surface area (Å²) >= 11 is 0. The second-order valence-corrected chi connectivity index (χ2v) is 5.48. The van der Waals surface area contributed by atoms with E-state index >= 15 is 0 Å². The van der Waals surface area contributed by atoms with Crippen molar-refractivity contribution in [3.8, 4) is 11.8 Å². The van der Waals surface area contributed by atoms with E-state index in [0.29, 0.717) is 27.8 Å². The first kappa shape index (κ1) is 14.0. The number of carbonyl (C=O) groups excluding carboxylic acids is 2. The van der Waals surface area contributed by atoms with Gasteiger partial charge in [0.25, 0.3) is 0 Å². The largest absolute Gasteiger partial charge is 0.399 e. The van der Waals surface area contributed by atoms with E-state index in [1.807, 2.05) is 24.3 Å². The molecular weight excluding hydrogens is 302 g/mol. The Morgan fingerprint density at radius 1 is 0.792 bits per heavy atom. The molecule has 24 heavy (non-hydrogen) atoms. The van der Waals surface area contributed by atoms with Gasteiger partial charge in [-0.15, -0.1) is 0 Å². The Morgan fingerprint density at radius 2 is 1.50 bits per heavy atom. The summed E-state index contributed by atoms with van der Waals surface area (Å²) in [6.07, 6.45) is 0. The topological polar surface area (TPSA) is 69.4 Å². The third-order valence-corrected chi connectivity index (χ3v) is 3.86. The Balaban J connectivity index is 1.86. The van der Waals surface area contributed by atoms with Gasteiger partial charge >= 0.3 is 11.9 Å². The van der Waals surface area contributed by atoms with Crippen LogP contribution in [0.3, 0.4) is 0 Å². The SMILES string of the molecule is Nc1ccc(C#Cc2cc3c4c(cccc4c2)C(=O)OC3=O)cc1. The maximum absolute atomic E-state index is 12.0. The van der Waals surface area contributed by atoms with E-state index in [-0.39, 0.29) is 0 Å². The van der Waals surface area contributed by atoms with Crippen LogP contribution in [0.15, 0.2) is 54.6 Å². The number of cyclic esters (lactones) is 2. The van der Waals surface area contributed by atoms with Crippen molar-refractivity contribution in [3.63, 3.8) is 0 Å². The lowest BCUT2D eigenvalue weighted by Gasteiger charge is -2.15. The van der Waals surface area contributed by atoms with E-state index in [9.17, 15) is 9.59 Å². The molecule has 4 nitrogen and oxygen atoms in total. The van der Waals surface area contributed by atoms with Gasteiger partial charge in [0.2, 0.25) is 0 Å². The zero-order valence-corrected chi connectivity index (χ0v) is 12.5. The third-order valence-electron chi connectivity index (χ3n) is 3.86. The quantitative estimate of drug-likeness (QED) is 0.300. The first-order valence-corrected chi connectivity index (χ1v) is 7.33. The molecule has 3 aromatic rings. The van der Waals surface area contributed by atoms with Gasteiger partial charge in [0, 0.05) is 22.2 Å². The number of hydrogen-bond acceptors (Lipinski definition) is 4. The second kappa shape index (κ2) is 5.25. The van der Waals surface area contributed by atoms with Gasteiger partial charge in [0.05, 0.1) is 11.1 Å². The predicted octanol–water partition coefficient (Wildman–Crippen LogP) is 3.13. The fourth-order valence-electron chi connectivity index (χ4n) is 2.74. The molecular formula is C20H11NO3. The zero-order chi connectivity index (χ0) is 16.7. The van der Waals surface area contributed by atoms with Gasteiger partial charge in [0.1, 0.15) is 0 Å². The van der Waals surface area contributed by atoms with Crippen molar-refractivity contribution >= 4 is 28.4 Å². The van der Waals surface area contributed by atoms with Gasteiger partial charge in [0.15, 0.2) is 0 Å². The molecule has 4 heteroatoms. The lowest BCUT2D eigenvalue weighted by atomic mass is 9.95. The van der Waals surface area contributed by atoms with E-state index in [1.54, 1.807) is 30.3 Å². The number of benzene rings is 3. The number of nitrogens with two attached hydrogens (primary N) is 1. The first-order chi connectivity index (χ1) is 11.6. The van der Waals surface area contributed by atoms with Crippen LogP contribution in [0, 0.1) is 11.8 Å². The Bertz CT molecular complexity index is 1070. The Morgan fingerprint density at radius 3 is 2.29 bits per heavy atom. The minimum atomic E-state index is -0.639. The van der Waals surface area contributed by atoms with Crippen molar-refractivity contribution in [2.45, 2.75) is 0 Å².